The summed E-state index contributed by atoms with van der Waals surface area (Å²) < 4.78 is 1.94. The third-order valence-electron chi connectivity index (χ3n) is 5.12. The lowest BCUT2D eigenvalue weighted by atomic mass is 10.1. The van der Waals surface area contributed by atoms with Crippen LogP contribution in [0.2, 0.25) is 0 Å². The smallest absolute Gasteiger partial charge is 0.312 e. The van der Waals surface area contributed by atoms with Crippen molar-refractivity contribution in [3.63, 3.8) is 0 Å². The van der Waals surface area contributed by atoms with Gasteiger partial charge in [0, 0.05) is 55.9 Å². The second-order valence-electron chi connectivity index (χ2n) is 7.17. The minimum atomic E-state index is -0.537. The number of carbonyl (C=O) groups is 3. The highest BCUT2D eigenvalue weighted by molar-refractivity contribution is 7.98. The number of thioether (sulfide) groups is 1. The zero-order chi connectivity index (χ0) is 20.4. The van der Waals surface area contributed by atoms with Crippen molar-refractivity contribution in [2.24, 2.45) is 0 Å². The van der Waals surface area contributed by atoms with E-state index in [0.29, 0.717) is 31.7 Å². The maximum Gasteiger partial charge on any atom is 0.312 e. The van der Waals surface area contributed by atoms with Gasteiger partial charge in [0.25, 0.3) is 5.91 Å². The quantitative estimate of drug-likeness (QED) is 0.600. The summed E-state index contributed by atoms with van der Waals surface area (Å²) in [6, 6.07) is 7.60. The minimum Gasteiger partial charge on any atom is -0.345 e. The molecule has 0 bridgehead atoms. The number of carbonyl (C=O) groups excluding carboxylic acids is 3. The fraction of sp³-hybridized carbons (Fsp3) is 0.400. The normalized spacial score (nSPS) is 16.6. The molecule has 8 nitrogen and oxygen atoms in total. The van der Waals surface area contributed by atoms with Crippen LogP contribution in [0.1, 0.15) is 23.2 Å². The molecule has 4 rings (SSSR count). The zero-order valence-electron chi connectivity index (χ0n) is 16.2. The number of rotatable bonds is 4. The second-order valence-corrected chi connectivity index (χ2v) is 7.94. The van der Waals surface area contributed by atoms with Crippen molar-refractivity contribution < 1.29 is 14.4 Å². The summed E-state index contributed by atoms with van der Waals surface area (Å²) in [5.74, 6) is -1.12. The van der Waals surface area contributed by atoms with E-state index in [1.165, 1.54) is 16.7 Å². The first-order valence-corrected chi connectivity index (χ1v) is 10.9. The number of aromatic nitrogens is 2. The lowest BCUT2D eigenvalue weighted by Crippen LogP contribution is -2.54. The Morgan fingerprint density at radius 1 is 1.10 bits per heavy atom. The zero-order valence-corrected chi connectivity index (χ0v) is 17.0. The predicted octanol–water partition coefficient (Wildman–Crippen LogP) is 1.16. The van der Waals surface area contributed by atoms with Crippen LogP contribution >= 0.6 is 11.8 Å². The van der Waals surface area contributed by atoms with Crippen LogP contribution in [0.3, 0.4) is 0 Å². The Morgan fingerprint density at radius 2 is 1.83 bits per heavy atom. The molecule has 3 amide bonds. The molecule has 1 saturated heterocycles. The van der Waals surface area contributed by atoms with Gasteiger partial charge in [-0.1, -0.05) is 17.8 Å². The van der Waals surface area contributed by atoms with E-state index in [-0.39, 0.29) is 11.9 Å². The minimum absolute atomic E-state index is 0.0767. The molecule has 1 aliphatic heterocycles. The largest absolute Gasteiger partial charge is 0.345 e. The Kier molecular flexibility index (Phi) is 5.57. The maximum atomic E-state index is 13.0. The van der Waals surface area contributed by atoms with Gasteiger partial charge in [-0.05, 0) is 37.3 Å². The van der Waals surface area contributed by atoms with Gasteiger partial charge in [-0.15, -0.1) is 0 Å². The Morgan fingerprint density at radius 3 is 2.52 bits per heavy atom. The van der Waals surface area contributed by atoms with E-state index in [2.05, 4.69) is 10.3 Å². The molecule has 2 heterocycles. The summed E-state index contributed by atoms with van der Waals surface area (Å²) in [5, 5.41) is 3.57. The van der Waals surface area contributed by atoms with Gasteiger partial charge in [0.05, 0.1) is 0 Å². The number of amides is 3. The molecule has 0 atom stereocenters. The summed E-state index contributed by atoms with van der Waals surface area (Å²) in [6.45, 7) is 1.54. The molecule has 1 saturated carbocycles. The van der Waals surface area contributed by atoms with Crippen molar-refractivity contribution >= 4 is 29.5 Å². The van der Waals surface area contributed by atoms with Crippen LogP contribution in [0, 0.1) is 0 Å². The van der Waals surface area contributed by atoms with E-state index in [1.54, 1.807) is 17.2 Å². The first kappa shape index (κ1) is 19.5. The first-order valence-electron chi connectivity index (χ1n) is 9.63. The van der Waals surface area contributed by atoms with Crippen LogP contribution in [-0.2, 0) is 9.59 Å². The van der Waals surface area contributed by atoms with Gasteiger partial charge in [0.1, 0.15) is 0 Å². The van der Waals surface area contributed by atoms with Crippen molar-refractivity contribution in [2.75, 3.05) is 32.4 Å². The summed E-state index contributed by atoms with van der Waals surface area (Å²) in [5.41, 5.74) is 1.47. The Hall–Kier alpha value is -2.81. The van der Waals surface area contributed by atoms with Crippen molar-refractivity contribution in [2.45, 2.75) is 24.0 Å². The summed E-state index contributed by atoms with van der Waals surface area (Å²) in [6.07, 6.45) is 7.44. The Balaban J connectivity index is 1.39. The van der Waals surface area contributed by atoms with Crippen LogP contribution in [0.4, 0.5) is 0 Å². The van der Waals surface area contributed by atoms with Crippen molar-refractivity contribution in [3.8, 4) is 5.69 Å². The SMILES string of the molecule is CSc1nccn1-c1cccc(C(=O)N2CCN(C(=O)C(=O)NC3CC3)CC2)c1. The lowest BCUT2D eigenvalue weighted by molar-refractivity contribution is -0.146. The fourth-order valence-corrected chi connectivity index (χ4v) is 3.87. The highest BCUT2D eigenvalue weighted by atomic mass is 32.2. The third-order valence-corrected chi connectivity index (χ3v) is 5.79. The lowest BCUT2D eigenvalue weighted by Gasteiger charge is -2.34. The topological polar surface area (TPSA) is 87.5 Å². The van der Waals surface area contributed by atoms with E-state index >= 15 is 0 Å². The van der Waals surface area contributed by atoms with Gasteiger partial charge in [-0.2, -0.15) is 0 Å². The maximum absolute atomic E-state index is 13.0. The molecule has 0 radical (unpaired) electrons. The summed E-state index contributed by atoms with van der Waals surface area (Å²) >= 11 is 1.54. The molecule has 152 valence electrons. The van der Waals surface area contributed by atoms with Crippen LogP contribution in [-0.4, -0.2) is 75.5 Å². The molecule has 1 aromatic heterocycles. The van der Waals surface area contributed by atoms with Gasteiger partial charge in [0.15, 0.2) is 5.16 Å². The second kappa shape index (κ2) is 8.28. The van der Waals surface area contributed by atoms with Crippen LogP contribution in [0.25, 0.3) is 5.69 Å². The molecule has 2 aromatic rings. The van der Waals surface area contributed by atoms with Crippen LogP contribution < -0.4 is 5.32 Å². The highest BCUT2D eigenvalue weighted by Gasteiger charge is 2.31. The van der Waals surface area contributed by atoms with E-state index in [9.17, 15) is 14.4 Å². The van der Waals surface area contributed by atoms with Gasteiger partial charge in [-0.3, -0.25) is 19.0 Å². The molecule has 0 spiro atoms. The average Bonchev–Trinajstić information content (AvgIpc) is 3.44. The van der Waals surface area contributed by atoms with Gasteiger partial charge in [-0.25, -0.2) is 4.98 Å². The van der Waals surface area contributed by atoms with Gasteiger partial charge >= 0.3 is 11.8 Å². The molecular weight excluding hydrogens is 390 g/mol. The summed E-state index contributed by atoms with van der Waals surface area (Å²) in [7, 11) is 0. The number of imidazole rings is 1. The van der Waals surface area contributed by atoms with Crippen LogP contribution in [0.5, 0.6) is 0 Å². The van der Waals surface area contributed by atoms with Crippen molar-refractivity contribution in [1.82, 2.24) is 24.7 Å². The van der Waals surface area contributed by atoms with E-state index < -0.39 is 11.8 Å². The molecule has 1 aromatic carbocycles. The monoisotopic (exact) mass is 413 g/mol. The number of nitrogens with one attached hydrogen (secondary N) is 1. The average molecular weight is 414 g/mol. The molecule has 1 aliphatic carbocycles. The molecule has 2 aliphatic rings. The van der Waals surface area contributed by atoms with Crippen LogP contribution in [0.15, 0.2) is 41.8 Å². The van der Waals surface area contributed by atoms with Gasteiger partial charge in [0.2, 0.25) is 0 Å². The van der Waals surface area contributed by atoms with E-state index in [1.807, 2.05) is 35.2 Å². The van der Waals surface area contributed by atoms with Gasteiger partial charge < -0.3 is 15.1 Å². The van der Waals surface area contributed by atoms with Crippen molar-refractivity contribution in [3.05, 3.63) is 42.2 Å². The number of nitrogens with zero attached hydrogens (tertiary/aromatic N) is 4. The molecule has 0 unspecified atom stereocenters. The first-order chi connectivity index (χ1) is 14.1. The number of benzene rings is 1. The van der Waals surface area contributed by atoms with E-state index in [4.69, 9.17) is 0 Å². The van der Waals surface area contributed by atoms with Crippen molar-refractivity contribution in [1.29, 1.82) is 0 Å². The third kappa shape index (κ3) is 4.29. The molecule has 1 N–H and O–H groups in total. The van der Waals surface area contributed by atoms with E-state index in [0.717, 1.165) is 23.7 Å². The standard InChI is InChI=1S/C20H23N5O3S/c1-29-20-21-7-8-25(20)16-4-2-3-14(13-16)18(27)23-9-11-24(12-10-23)19(28)17(26)22-15-5-6-15/h2-4,7-8,13,15H,5-6,9-12H2,1H3,(H,22,26). The highest BCUT2D eigenvalue weighted by Crippen LogP contribution is 2.20. The Bertz CT molecular complexity index is 932. The molecule has 9 heteroatoms. The number of piperazine rings is 1. The fourth-order valence-electron chi connectivity index (χ4n) is 3.34. The Labute approximate surface area is 173 Å². The molecule has 29 heavy (non-hydrogen) atoms. The number of hydrogen-bond donors (Lipinski definition) is 1. The molecular formula is C20H23N5O3S. The predicted molar refractivity (Wildman–Crippen MR) is 109 cm³/mol. The summed E-state index contributed by atoms with van der Waals surface area (Å²) in [4.78, 5) is 44.7. The number of hydrogen-bond acceptors (Lipinski definition) is 5. The molecule has 2 fully saturated rings.